The number of esters is 1. The number of nitrogens with two attached hydrogens (primary N) is 1. The summed E-state index contributed by atoms with van der Waals surface area (Å²) in [6.07, 6.45) is 0.672. The van der Waals surface area contributed by atoms with Gasteiger partial charge in [0.05, 0.1) is 12.0 Å². The van der Waals surface area contributed by atoms with E-state index in [2.05, 4.69) is 0 Å². The Kier molecular flexibility index (Phi) is 5.00. The van der Waals surface area contributed by atoms with Crippen LogP contribution in [0.3, 0.4) is 0 Å². The van der Waals surface area contributed by atoms with E-state index >= 15 is 0 Å². The fraction of sp³-hybridized carbons (Fsp3) is 0.312. The molecule has 1 heterocycles. The summed E-state index contributed by atoms with van der Waals surface area (Å²) in [5.41, 5.74) is 4.77. The van der Waals surface area contributed by atoms with Gasteiger partial charge in [0, 0.05) is 11.6 Å². The van der Waals surface area contributed by atoms with Gasteiger partial charge < -0.3 is 19.8 Å². The average Bonchev–Trinajstić information content (AvgIpc) is 2.50. The molecule has 7 heteroatoms. The molecule has 0 unspecified atom stereocenters. The number of hydrogen-bond acceptors (Lipinski definition) is 5. The maximum Gasteiger partial charge on any atom is 0.347 e. The molecule has 23 heavy (non-hydrogen) atoms. The number of hydrogen-bond donors (Lipinski definition) is 1. The number of carbonyl (C=O) groups is 2. The van der Waals surface area contributed by atoms with Gasteiger partial charge in [-0.2, -0.15) is 0 Å². The molecule has 1 aromatic carbocycles. The van der Waals surface area contributed by atoms with E-state index in [9.17, 15) is 14.4 Å². The molecule has 0 saturated heterocycles. The minimum absolute atomic E-state index is 0.195. The summed E-state index contributed by atoms with van der Waals surface area (Å²) in [4.78, 5) is 35.0. The molecule has 7 nitrogen and oxygen atoms in total. The van der Waals surface area contributed by atoms with Crippen molar-refractivity contribution in [2.45, 2.75) is 26.5 Å². The van der Waals surface area contributed by atoms with E-state index in [1.54, 1.807) is 38.1 Å². The molecule has 2 aromatic rings. The van der Waals surface area contributed by atoms with Crippen LogP contribution in [0.2, 0.25) is 0 Å². The molecule has 0 radical (unpaired) electrons. The molecule has 1 aromatic heterocycles. The van der Waals surface area contributed by atoms with Crippen molar-refractivity contribution in [3.8, 4) is 5.75 Å². The van der Waals surface area contributed by atoms with Crippen molar-refractivity contribution in [2.75, 3.05) is 6.61 Å². The SMILES string of the molecule is CCOC(=O)[C@H](C)Oc1cccc2c(=O)n(CC(N)=O)ccc12. The monoisotopic (exact) mass is 318 g/mol. The number of nitrogens with zero attached hydrogens (tertiary/aromatic N) is 1. The summed E-state index contributed by atoms with van der Waals surface area (Å²) in [5.74, 6) is -0.687. The molecule has 122 valence electrons. The lowest BCUT2D eigenvalue weighted by atomic mass is 10.1. The van der Waals surface area contributed by atoms with Crippen LogP contribution in [0.15, 0.2) is 35.3 Å². The maximum absolute atomic E-state index is 12.3. The first-order valence-corrected chi connectivity index (χ1v) is 7.17. The van der Waals surface area contributed by atoms with Crippen LogP contribution in [-0.2, 0) is 20.9 Å². The molecule has 0 aliphatic heterocycles. The second-order valence-electron chi connectivity index (χ2n) is 4.94. The largest absolute Gasteiger partial charge is 0.478 e. The van der Waals surface area contributed by atoms with Crippen LogP contribution in [0.5, 0.6) is 5.75 Å². The van der Waals surface area contributed by atoms with Crippen LogP contribution in [-0.4, -0.2) is 29.2 Å². The van der Waals surface area contributed by atoms with Gasteiger partial charge in [0.1, 0.15) is 12.3 Å². The van der Waals surface area contributed by atoms with E-state index in [1.807, 2.05) is 0 Å². The van der Waals surface area contributed by atoms with Crippen molar-refractivity contribution in [1.82, 2.24) is 4.57 Å². The van der Waals surface area contributed by atoms with E-state index in [1.165, 1.54) is 10.8 Å². The molecule has 0 aliphatic rings. The molecular formula is C16H18N2O5. The highest BCUT2D eigenvalue weighted by molar-refractivity contribution is 5.88. The summed E-state index contributed by atoms with van der Waals surface area (Å²) in [7, 11) is 0. The number of primary amides is 1. The van der Waals surface area contributed by atoms with Crippen LogP contribution in [0, 0.1) is 0 Å². The topological polar surface area (TPSA) is 101 Å². The fourth-order valence-electron chi connectivity index (χ4n) is 2.18. The third-order valence-corrected chi connectivity index (χ3v) is 3.23. The lowest BCUT2D eigenvalue weighted by Crippen LogP contribution is -2.28. The van der Waals surface area contributed by atoms with Gasteiger partial charge in [-0.15, -0.1) is 0 Å². The third kappa shape index (κ3) is 3.68. The molecule has 1 amide bonds. The molecule has 0 saturated carbocycles. The highest BCUT2D eigenvalue weighted by Gasteiger charge is 2.17. The summed E-state index contributed by atoms with van der Waals surface area (Å²) in [6.45, 7) is 3.36. The van der Waals surface area contributed by atoms with Gasteiger partial charge in [-0.3, -0.25) is 9.59 Å². The lowest BCUT2D eigenvalue weighted by molar-refractivity contribution is -0.150. The highest BCUT2D eigenvalue weighted by Crippen LogP contribution is 2.24. The van der Waals surface area contributed by atoms with Crippen molar-refractivity contribution in [2.24, 2.45) is 5.73 Å². The van der Waals surface area contributed by atoms with E-state index in [0.29, 0.717) is 16.5 Å². The normalized spacial score (nSPS) is 11.9. The zero-order valence-corrected chi connectivity index (χ0v) is 12.9. The van der Waals surface area contributed by atoms with E-state index < -0.39 is 18.0 Å². The first-order valence-electron chi connectivity index (χ1n) is 7.17. The average molecular weight is 318 g/mol. The smallest absolute Gasteiger partial charge is 0.347 e. The quantitative estimate of drug-likeness (QED) is 0.795. The van der Waals surface area contributed by atoms with E-state index in [0.717, 1.165) is 0 Å². The van der Waals surface area contributed by atoms with Crippen LogP contribution < -0.4 is 16.0 Å². The lowest BCUT2D eigenvalue weighted by Gasteiger charge is -2.15. The van der Waals surface area contributed by atoms with Crippen molar-refractivity contribution in [1.29, 1.82) is 0 Å². The molecular weight excluding hydrogens is 300 g/mol. The standard InChI is InChI=1S/C16H18N2O5/c1-3-22-16(21)10(2)23-13-6-4-5-12-11(13)7-8-18(15(12)20)9-14(17)19/h4-8,10H,3,9H2,1-2H3,(H2,17,19)/t10-/m0/s1. The van der Waals surface area contributed by atoms with Crippen LogP contribution in [0.4, 0.5) is 0 Å². The summed E-state index contributed by atoms with van der Waals surface area (Å²) >= 11 is 0. The summed E-state index contributed by atoms with van der Waals surface area (Å²) in [6, 6.07) is 6.57. The van der Waals surface area contributed by atoms with Crippen LogP contribution in [0.25, 0.3) is 10.8 Å². The Morgan fingerprint density at radius 1 is 1.26 bits per heavy atom. The van der Waals surface area contributed by atoms with Gasteiger partial charge in [0.15, 0.2) is 6.10 Å². The Balaban J connectivity index is 2.39. The van der Waals surface area contributed by atoms with Crippen LogP contribution >= 0.6 is 0 Å². The number of carbonyl (C=O) groups excluding carboxylic acids is 2. The van der Waals surface area contributed by atoms with E-state index in [-0.39, 0.29) is 18.7 Å². The Morgan fingerprint density at radius 2 is 2.00 bits per heavy atom. The Labute approximate surface area is 132 Å². The number of benzene rings is 1. The first-order chi connectivity index (χ1) is 10.9. The first kappa shape index (κ1) is 16.5. The number of pyridine rings is 1. The Morgan fingerprint density at radius 3 is 2.65 bits per heavy atom. The minimum Gasteiger partial charge on any atom is -0.478 e. The summed E-state index contributed by atoms with van der Waals surface area (Å²) in [5, 5.41) is 0.927. The van der Waals surface area contributed by atoms with Gasteiger partial charge in [0.25, 0.3) is 5.56 Å². The zero-order valence-electron chi connectivity index (χ0n) is 12.9. The van der Waals surface area contributed by atoms with Gasteiger partial charge in [-0.05, 0) is 32.0 Å². The van der Waals surface area contributed by atoms with Crippen molar-refractivity contribution < 1.29 is 19.1 Å². The van der Waals surface area contributed by atoms with Gasteiger partial charge >= 0.3 is 5.97 Å². The van der Waals surface area contributed by atoms with Crippen molar-refractivity contribution >= 4 is 22.6 Å². The second-order valence-corrected chi connectivity index (χ2v) is 4.94. The Bertz CT molecular complexity index is 797. The predicted octanol–water partition coefficient (Wildman–Crippen LogP) is 0.817. The van der Waals surface area contributed by atoms with Crippen LogP contribution in [0.1, 0.15) is 13.8 Å². The number of fused-ring (bicyclic) bond motifs is 1. The molecule has 2 rings (SSSR count). The summed E-state index contributed by atoms with van der Waals surface area (Å²) < 4.78 is 11.7. The highest BCUT2D eigenvalue weighted by atomic mass is 16.6. The van der Waals surface area contributed by atoms with Gasteiger partial charge in [-0.25, -0.2) is 4.79 Å². The van der Waals surface area contributed by atoms with Gasteiger partial charge in [0.2, 0.25) is 5.91 Å². The molecule has 0 spiro atoms. The number of aromatic nitrogens is 1. The van der Waals surface area contributed by atoms with Crippen molar-refractivity contribution in [3.05, 3.63) is 40.8 Å². The molecule has 0 fully saturated rings. The third-order valence-electron chi connectivity index (χ3n) is 3.23. The van der Waals surface area contributed by atoms with E-state index in [4.69, 9.17) is 15.2 Å². The Hall–Kier alpha value is -2.83. The molecule has 2 N–H and O–H groups in total. The molecule has 1 atom stereocenters. The second kappa shape index (κ2) is 6.95. The zero-order chi connectivity index (χ0) is 17.0. The number of ether oxygens (including phenoxy) is 2. The maximum atomic E-state index is 12.3. The number of rotatable bonds is 6. The predicted molar refractivity (Wildman–Crippen MR) is 84.1 cm³/mol. The van der Waals surface area contributed by atoms with Gasteiger partial charge in [-0.1, -0.05) is 6.07 Å². The molecule has 0 bridgehead atoms. The fourth-order valence-corrected chi connectivity index (χ4v) is 2.18. The molecule has 0 aliphatic carbocycles. The van der Waals surface area contributed by atoms with Crippen molar-refractivity contribution in [3.63, 3.8) is 0 Å². The number of amides is 1. The minimum atomic E-state index is -0.798.